The van der Waals surface area contributed by atoms with E-state index >= 15 is 0 Å². The Balaban J connectivity index is 2.76. The van der Waals surface area contributed by atoms with Crippen LogP contribution in [0.4, 0.5) is 4.79 Å². The van der Waals surface area contributed by atoms with E-state index in [1.54, 1.807) is 14.1 Å². The normalized spacial score (nSPS) is 26.4. The van der Waals surface area contributed by atoms with Crippen molar-refractivity contribution in [2.45, 2.75) is 18.6 Å². The summed E-state index contributed by atoms with van der Waals surface area (Å²) in [6.45, 7) is 0.0913. The predicted molar refractivity (Wildman–Crippen MR) is 47.8 cm³/mol. The van der Waals surface area contributed by atoms with Gasteiger partial charge in [0.05, 0.1) is 6.10 Å². The zero-order chi connectivity index (χ0) is 10.9. The van der Waals surface area contributed by atoms with E-state index in [0.717, 1.165) is 0 Å². The lowest BCUT2D eigenvalue weighted by Crippen LogP contribution is -2.45. The van der Waals surface area contributed by atoms with Gasteiger partial charge in [-0.05, 0) is 0 Å². The molecule has 6 heteroatoms. The third kappa shape index (κ3) is 1.95. The van der Waals surface area contributed by atoms with Gasteiger partial charge in [-0.3, -0.25) is 0 Å². The van der Waals surface area contributed by atoms with Crippen LogP contribution in [0.2, 0.25) is 0 Å². The molecular formula is C8H14N2O4. The average Bonchev–Trinajstić information content (AvgIpc) is 2.45. The van der Waals surface area contributed by atoms with Gasteiger partial charge in [0.1, 0.15) is 6.04 Å². The summed E-state index contributed by atoms with van der Waals surface area (Å²) in [5.41, 5.74) is 0. The molecule has 0 aromatic rings. The molecule has 2 amide bonds. The van der Waals surface area contributed by atoms with Crippen molar-refractivity contribution in [3.8, 4) is 0 Å². The molecule has 1 rings (SSSR count). The Morgan fingerprint density at radius 2 is 2.00 bits per heavy atom. The molecule has 0 saturated carbocycles. The van der Waals surface area contributed by atoms with Crippen LogP contribution < -0.4 is 0 Å². The molecule has 14 heavy (non-hydrogen) atoms. The quantitative estimate of drug-likeness (QED) is 0.582. The molecule has 0 aromatic heterocycles. The van der Waals surface area contributed by atoms with Crippen molar-refractivity contribution in [2.24, 2.45) is 0 Å². The van der Waals surface area contributed by atoms with Crippen LogP contribution in [-0.4, -0.2) is 64.8 Å². The maximum Gasteiger partial charge on any atom is 0.326 e. The molecule has 2 atom stereocenters. The van der Waals surface area contributed by atoms with Gasteiger partial charge in [0.15, 0.2) is 0 Å². The first kappa shape index (κ1) is 10.8. The molecule has 0 spiro atoms. The van der Waals surface area contributed by atoms with Gasteiger partial charge in [-0.15, -0.1) is 0 Å². The minimum Gasteiger partial charge on any atom is -0.480 e. The number of urea groups is 1. The summed E-state index contributed by atoms with van der Waals surface area (Å²) >= 11 is 0. The lowest BCUT2D eigenvalue weighted by Gasteiger charge is -2.24. The standard InChI is InChI=1S/C8H14N2O4/c1-9(2)8(14)10-4-5(11)3-6(10)7(12)13/h5-6,11H,3-4H2,1-2H3,(H,12,13)/t5-,6-/m1/s1. The van der Waals surface area contributed by atoms with E-state index in [-0.39, 0.29) is 19.0 Å². The number of amides is 2. The fraction of sp³-hybridized carbons (Fsp3) is 0.750. The van der Waals surface area contributed by atoms with Gasteiger partial charge in [0.25, 0.3) is 0 Å². The van der Waals surface area contributed by atoms with Crippen molar-refractivity contribution in [1.82, 2.24) is 9.80 Å². The summed E-state index contributed by atoms with van der Waals surface area (Å²) in [6, 6.07) is -1.28. The van der Waals surface area contributed by atoms with Crippen LogP contribution in [0.5, 0.6) is 0 Å². The van der Waals surface area contributed by atoms with Crippen molar-refractivity contribution in [1.29, 1.82) is 0 Å². The largest absolute Gasteiger partial charge is 0.480 e. The van der Waals surface area contributed by atoms with Gasteiger partial charge in [-0.25, -0.2) is 9.59 Å². The maximum atomic E-state index is 11.5. The highest BCUT2D eigenvalue weighted by Gasteiger charge is 2.39. The summed E-state index contributed by atoms with van der Waals surface area (Å²) in [4.78, 5) is 24.7. The second-order valence-electron chi connectivity index (χ2n) is 3.57. The summed E-state index contributed by atoms with van der Waals surface area (Å²) in [5.74, 6) is -1.07. The number of carbonyl (C=O) groups excluding carboxylic acids is 1. The zero-order valence-corrected chi connectivity index (χ0v) is 8.17. The van der Waals surface area contributed by atoms with Gasteiger partial charge in [-0.1, -0.05) is 0 Å². The number of nitrogens with zero attached hydrogens (tertiary/aromatic N) is 2. The molecule has 0 aromatic carbocycles. The first-order chi connectivity index (χ1) is 6.43. The van der Waals surface area contributed by atoms with Gasteiger partial charge in [-0.2, -0.15) is 0 Å². The molecule has 0 bridgehead atoms. The molecule has 80 valence electrons. The van der Waals surface area contributed by atoms with E-state index in [0.29, 0.717) is 0 Å². The second-order valence-corrected chi connectivity index (χ2v) is 3.57. The number of hydrogen-bond acceptors (Lipinski definition) is 3. The number of carboxylic acid groups (broad SMARTS) is 1. The third-order valence-corrected chi connectivity index (χ3v) is 2.19. The SMILES string of the molecule is CN(C)C(=O)N1C[C@H](O)C[C@@H]1C(=O)O. The summed E-state index contributed by atoms with van der Waals surface area (Å²) < 4.78 is 0. The van der Waals surface area contributed by atoms with Crippen molar-refractivity contribution in [3.63, 3.8) is 0 Å². The highest BCUT2D eigenvalue weighted by molar-refractivity contribution is 5.83. The molecule has 6 nitrogen and oxygen atoms in total. The highest BCUT2D eigenvalue weighted by Crippen LogP contribution is 2.19. The van der Waals surface area contributed by atoms with Crippen molar-refractivity contribution < 1.29 is 19.8 Å². The summed E-state index contributed by atoms with van der Waals surface area (Å²) in [7, 11) is 3.10. The highest BCUT2D eigenvalue weighted by atomic mass is 16.4. The molecule has 2 N–H and O–H groups in total. The van der Waals surface area contributed by atoms with Crippen LogP contribution in [0.15, 0.2) is 0 Å². The summed E-state index contributed by atoms with van der Waals surface area (Å²) in [5, 5.41) is 18.1. The monoisotopic (exact) mass is 202 g/mol. The molecule has 1 saturated heterocycles. The maximum absolute atomic E-state index is 11.5. The zero-order valence-electron chi connectivity index (χ0n) is 8.17. The number of aliphatic hydroxyl groups excluding tert-OH is 1. The average molecular weight is 202 g/mol. The summed E-state index contributed by atoms with van der Waals surface area (Å²) in [6.07, 6.45) is -0.630. The van der Waals surface area contributed by atoms with E-state index in [9.17, 15) is 14.7 Å². The fourth-order valence-electron chi connectivity index (χ4n) is 1.52. The Labute approximate surface area is 81.7 Å². The Hall–Kier alpha value is -1.30. The van der Waals surface area contributed by atoms with Crippen molar-refractivity contribution >= 4 is 12.0 Å². The van der Waals surface area contributed by atoms with Gasteiger partial charge in [0, 0.05) is 27.1 Å². The molecule has 0 unspecified atom stereocenters. The van der Waals surface area contributed by atoms with E-state index in [1.165, 1.54) is 9.80 Å². The Morgan fingerprint density at radius 3 is 2.43 bits per heavy atom. The molecule has 0 aliphatic carbocycles. The number of aliphatic carboxylic acids is 1. The number of hydrogen-bond donors (Lipinski definition) is 2. The lowest BCUT2D eigenvalue weighted by atomic mass is 10.2. The smallest absolute Gasteiger partial charge is 0.326 e. The molecule has 1 aliphatic heterocycles. The lowest BCUT2D eigenvalue weighted by molar-refractivity contribution is -0.141. The van der Waals surface area contributed by atoms with Crippen LogP contribution in [-0.2, 0) is 4.79 Å². The van der Waals surface area contributed by atoms with Gasteiger partial charge < -0.3 is 20.0 Å². The number of aliphatic hydroxyl groups is 1. The predicted octanol–water partition coefficient (Wildman–Crippen LogP) is -0.812. The fourth-order valence-corrected chi connectivity index (χ4v) is 1.52. The minimum absolute atomic E-state index is 0.0913. The topological polar surface area (TPSA) is 81.1 Å². The van der Waals surface area contributed by atoms with Gasteiger partial charge in [0.2, 0.25) is 0 Å². The number of rotatable bonds is 1. The van der Waals surface area contributed by atoms with Crippen molar-refractivity contribution in [3.05, 3.63) is 0 Å². The van der Waals surface area contributed by atoms with Crippen LogP contribution in [0.25, 0.3) is 0 Å². The third-order valence-electron chi connectivity index (χ3n) is 2.19. The van der Waals surface area contributed by atoms with Crippen LogP contribution in [0.1, 0.15) is 6.42 Å². The van der Waals surface area contributed by atoms with E-state index < -0.39 is 18.1 Å². The number of carbonyl (C=O) groups is 2. The number of likely N-dealkylation sites (tertiary alicyclic amines) is 1. The molecule has 1 heterocycles. The van der Waals surface area contributed by atoms with E-state index in [4.69, 9.17) is 5.11 Å². The molecule has 1 aliphatic rings. The van der Waals surface area contributed by atoms with Crippen LogP contribution in [0, 0.1) is 0 Å². The molecule has 1 fully saturated rings. The van der Waals surface area contributed by atoms with Crippen LogP contribution >= 0.6 is 0 Å². The van der Waals surface area contributed by atoms with Crippen LogP contribution in [0.3, 0.4) is 0 Å². The number of β-amino-alcohol motifs (C(OH)–C–C–N with tert-alkyl or cyclic N) is 1. The Kier molecular flexibility index (Phi) is 2.95. The van der Waals surface area contributed by atoms with E-state index in [1.807, 2.05) is 0 Å². The first-order valence-electron chi connectivity index (χ1n) is 4.32. The first-order valence-corrected chi connectivity index (χ1v) is 4.32. The molecular weight excluding hydrogens is 188 g/mol. The molecule has 0 radical (unpaired) electrons. The van der Waals surface area contributed by atoms with Gasteiger partial charge >= 0.3 is 12.0 Å². The second kappa shape index (κ2) is 3.83. The van der Waals surface area contributed by atoms with E-state index in [2.05, 4.69) is 0 Å². The number of carboxylic acids is 1. The van der Waals surface area contributed by atoms with Crippen molar-refractivity contribution in [2.75, 3.05) is 20.6 Å². The Morgan fingerprint density at radius 1 is 1.43 bits per heavy atom. The Bertz CT molecular complexity index is 254. The minimum atomic E-state index is -1.07.